The lowest BCUT2D eigenvalue weighted by atomic mass is 9.33. The number of para-hydroxylation sites is 1. The van der Waals surface area contributed by atoms with Gasteiger partial charge in [-0.1, -0.05) is 106 Å². The Morgan fingerprint density at radius 2 is 1.44 bits per heavy atom. The molecule has 6 aromatic carbocycles. The first kappa shape index (κ1) is 27.0. The zero-order valence-corrected chi connectivity index (χ0v) is 28.4. The van der Waals surface area contributed by atoms with Crippen LogP contribution in [0.1, 0.15) is 43.0 Å². The highest BCUT2D eigenvalue weighted by Gasteiger charge is 2.43. The lowest BCUT2D eigenvalue weighted by Crippen LogP contribution is -2.60. The molecule has 0 saturated heterocycles. The molecule has 0 unspecified atom stereocenters. The molecule has 4 heterocycles. The van der Waals surface area contributed by atoms with Gasteiger partial charge in [0.1, 0.15) is 4.83 Å². The summed E-state index contributed by atoms with van der Waals surface area (Å²) in [5.41, 5.74) is 19.0. The van der Waals surface area contributed by atoms with Crippen LogP contribution in [0.2, 0.25) is 0 Å². The molecule has 0 fully saturated rings. The summed E-state index contributed by atoms with van der Waals surface area (Å²) in [6, 6.07) is 44.2. The van der Waals surface area contributed by atoms with Crippen molar-refractivity contribution in [2.45, 2.75) is 39.5 Å². The van der Waals surface area contributed by atoms with Crippen molar-refractivity contribution in [3.8, 4) is 16.8 Å². The Hall–Kier alpha value is -5.06. The number of fused-ring (bicyclic) bond motifs is 12. The molecule has 0 N–H and O–H groups in total. The minimum Gasteiger partial charge on any atom is -0.311 e. The van der Waals surface area contributed by atoms with Crippen LogP contribution in [0.5, 0.6) is 0 Å². The van der Waals surface area contributed by atoms with Crippen molar-refractivity contribution in [2.75, 3.05) is 4.90 Å². The number of aromatic nitrogens is 1. The summed E-state index contributed by atoms with van der Waals surface area (Å²) in [5, 5.41) is 4.11. The number of anilines is 3. The molecular formula is C44H33BN2S. The first-order chi connectivity index (χ1) is 23.4. The van der Waals surface area contributed by atoms with E-state index in [9.17, 15) is 0 Å². The zero-order chi connectivity index (χ0) is 32.1. The van der Waals surface area contributed by atoms with Crippen molar-refractivity contribution >= 4 is 82.7 Å². The molecule has 2 aliphatic heterocycles. The van der Waals surface area contributed by atoms with Crippen LogP contribution in [0, 0.1) is 6.92 Å². The molecule has 4 heteroatoms. The van der Waals surface area contributed by atoms with Crippen LogP contribution >= 0.6 is 11.3 Å². The van der Waals surface area contributed by atoms with E-state index in [1.165, 1.54) is 104 Å². The van der Waals surface area contributed by atoms with Crippen LogP contribution in [0.25, 0.3) is 48.0 Å². The lowest BCUT2D eigenvalue weighted by Gasteiger charge is -2.41. The Morgan fingerprint density at radius 1 is 0.667 bits per heavy atom. The van der Waals surface area contributed by atoms with Gasteiger partial charge in [0.25, 0.3) is 6.71 Å². The average Bonchev–Trinajstić information content (AvgIpc) is 3.75. The van der Waals surface area contributed by atoms with Crippen molar-refractivity contribution in [3.63, 3.8) is 0 Å². The van der Waals surface area contributed by atoms with Crippen LogP contribution in [-0.4, -0.2) is 11.3 Å². The van der Waals surface area contributed by atoms with Crippen LogP contribution in [0.4, 0.5) is 17.1 Å². The smallest absolute Gasteiger partial charge is 0.252 e. The molecule has 3 aliphatic rings. The Kier molecular flexibility index (Phi) is 5.11. The third-order valence-corrected chi connectivity index (χ3v) is 12.3. The van der Waals surface area contributed by atoms with Crippen LogP contribution in [0.3, 0.4) is 0 Å². The van der Waals surface area contributed by atoms with Crippen LogP contribution in [-0.2, 0) is 11.8 Å². The van der Waals surface area contributed by atoms with E-state index in [2.05, 4.69) is 152 Å². The van der Waals surface area contributed by atoms with Gasteiger partial charge < -0.3 is 9.47 Å². The molecule has 0 atom stereocenters. The van der Waals surface area contributed by atoms with Gasteiger partial charge in [0.2, 0.25) is 0 Å². The van der Waals surface area contributed by atoms with Gasteiger partial charge in [-0.3, -0.25) is 0 Å². The van der Waals surface area contributed by atoms with Crippen molar-refractivity contribution in [3.05, 3.63) is 138 Å². The van der Waals surface area contributed by atoms with E-state index in [0.717, 1.165) is 6.42 Å². The number of aryl methyl sites for hydroxylation is 1. The molecule has 2 nitrogen and oxygen atoms in total. The summed E-state index contributed by atoms with van der Waals surface area (Å²) < 4.78 is 3.96. The Labute approximate surface area is 285 Å². The largest absolute Gasteiger partial charge is 0.311 e. The van der Waals surface area contributed by atoms with Gasteiger partial charge in [-0.25, -0.2) is 0 Å². The molecule has 0 bridgehead atoms. The second-order valence-corrected chi connectivity index (χ2v) is 16.0. The van der Waals surface area contributed by atoms with Crippen molar-refractivity contribution in [2.24, 2.45) is 0 Å². The van der Waals surface area contributed by atoms with Crippen molar-refractivity contribution in [1.29, 1.82) is 0 Å². The molecular weight excluding hydrogens is 599 g/mol. The third-order valence-electron chi connectivity index (χ3n) is 11.2. The number of rotatable bonds is 1. The number of benzene rings is 6. The second-order valence-electron chi connectivity index (χ2n) is 15.0. The standard InChI is InChI=1S/C44H33BN2S/c1-25-21-36-41-37(22-25)47-42-31(40-30-14-7-8-18-38(30)48-43(40)47)15-10-16-33(42)45(41)32-20-19-28(44(2,3)4)24-35(32)46(36)34-17-9-12-27-23-26-11-5-6-13-29(26)39(27)34/h5-22,24H,23H2,1-4H3. The Morgan fingerprint density at radius 3 is 2.33 bits per heavy atom. The summed E-state index contributed by atoms with van der Waals surface area (Å²) in [6.07, 6.45) is 0.981. The van der Waals surface area contributed by atoms with Gasteiger partial charge in [-0.2, -0.15) is 0 Å². The first-order valence-electron chi connectivity index (χ1n) is 17.1. The highest BCUT2D eigenvalue weighted by molar-refractivity contribution is 7.26. The summed E-state index contributed by atoms with van der Waals surface area (Å²) in [6.45, 7) is 9.42. The molecule has 11 rings (SSSR count). The van der Waals surface area contributed by atoms with E-state index in [1.807, 2.05) is 11.3 Å². The fourth-order valence-corrected chi connectivity index (χ4v) is 10.4. The monoisotopic (exact) mass is 632 g/mol. The maximum Gasteiger partial charge on any atom is 0.252 e. The SMILES string of the molecule is Cc1cc2c3c(c1)-n1c4sc5ccccc5c4c4cccc(c41)B3c1ccc(C(C)(C)C)cc1N2c1cccc2c1-c1ccccc1C2. The van der Waals surface area contributed by atoms with E-state index >= 15 is 0 Å². The summed E-state index contributed by atoms with van der Waals surface area (Å²) in [5.74, 6) is 0. The molecule has 48 heavy (non-hydrogen) atoms. The maximum atomic E-state index is 2.63. The van der Waals surface area contributed by atoms with Crippen LogP contribution < -0.4 is 21.3 Å². The maximum absolute atomic E-state index is 2.63. The third kappa shape index (κ3) is 3.34. The van der Waals surface area contributed by atoms with Gasteiger partial charge >= 0.3 is 0 Å². The number of hydrogen-bond donors (Lipinski definition) is 0. The van der Waals surface area contributed by atoms with E-state index in [-0.39, 0.29) is 12.1 Å². The molecule has 1 aliphatic carbocycles. The molecule has 8 aromatic rings. The number of thiophene rings is 1. The van der Waals surface area contributed by atoms with Gasteiger partial charge in [-0.05, 0) is 93.3 Å². The van der Waals surface area contributed by atoms with E-state index in [1.54, 1.807) is 0 Å². The fourth-order valence-electron chi connectivity index (χ4n) is 9.12. The molecule has 2 aromatic heterocycles. The van der Waals surface area contributed by atoms with Crippen molar-refractivity contribution < 1.29 is 0 Å². The Balaban J connectivity index is 1.30. The van der Waals surface area contributed by atoms with E-state index in [0.29, 0.717) is 0 Å². The molecule has 0 amide bonds. The Bertz CT molecular complexity index is 2720. The second kappa shape index (κ2) is 9.09. The highest BCUT2D eigenvalue weighted by Crippen LogP contribution is 2.50. The molecule has 228 valence electrons. The lowest BCUT2D eigenvalue weighted by molar-refractivity contribution is 0.590. The molecule has 0 saturated carbocycles. The summed E-state index contributed by atoms with van der Waals surface area (Å²) >= 11 is 1.93. The predicted molar refractivity (Wildman–Crippen MR) is 207 cm³/mol. The normalized spacial score (nSPS) is 14.1. The zero-order valence-electron chi connectivity index (χ0n) is 27.6. The summed E-state index contributed by atoms with van der Waals surface area (Å²) in [4.78, 5) is 3.98. The van der Waals surface area contributed by atoms with Gasteiger partial charge in [0.15, 0.2) is 0 Å². The topological polar surface area (TPSA) is 8.17 Å². The van der Waals surface area contributed by atoms with Crippen molar-refractivity contribution in [1.82, 2.24) is 4.57 Å². The van der Waals surface area contributed by atoms with Gasteiger partial charge in [0, 0.05) is 43.5 Å². The van der Waals surface area contributed by atoms with E-state index in [4.69, 9.17) is 0 Å². The quantitative estimate of drug-likeness (QED) is 0.164. The average molecular weight is 633 g/mol. The van der Waals surface area contributed by atoms with E-state index < -0.39 is 0 Å². The summed E-state index contributed by atoms with van der Waals surface area (Å²) in [7, 11) is 0. The molecule has 0 radical (unpaired) electrons. The minimum atomic E-state index is 0.0245. The minimum absolute atomic E-state index is 0.0245. The predicted octanol–water partition coefficient (Wildman–Crippen LogP) is 9.79. The van der Waals surface area contributed by atoms with Gasteiger partial charge in [-0.15, -0.1) is 11.3 Å². The van der Waals surface area contributed by atoms with Crippen LogP contribution in [0.15, 0.2) is 115 Å². The number of hydrogen-bond acceptors (Lipinski definition) is 2. The van der Waals surface area contributed by atoms with Gasteiger partial charge in [0.05, 0.1) is 11.2 Å². The molecule has 0 spiro atoms. The highest BCUT2D eigenvalue weighted by atomic mass is 32.1. The first-order valence-corrected chi connectivity index (χ1v) is 17.9. The number of nitrogens with zero attached hydrogens (tertiary/aromatic N) is 2. The fraction of sp³-hybridized carbons (Fsp3) is 0.136.